The normalized spacial score (nSPS) is 18.1. The van der Waals surface area contributed by atoms with Crippen LogP contribution in [0.15, 0.2) is 23.1 Å². The molecule has 1 aromatic carbocycles. The van der Waals surface area contributed by atoms with Gasteiger partial charge in [-0.15, -0.1) is 0 Å². The van der Waals surface area contributed by atoms with Crippen molar-refractivity contribution in [2.45, 2.75) is 44.4 Å². The number of ether oxygens (including phenoxy) is 1. The molecule has 2 rings (SSSR count). The second kappa shape index (κ2) is 6.36. The van der Waals surface area contributed by atoms with Crippen LogP contribution in [0.3, 0.4) is 0 Å². The van der Waals surface area contributed by atoms with Gasteiger partial charge in [0.05, 0.1) is 7.11 Å². The number of rotatable bonds is 4. The smallest absolute Gasteiger partial charge is 0.246 e. The largest absolute Gasteiger partial charge is 0.495 e. The summed E-state index contributed by atoms with van der Waals surface area (Å²) in [6, 6.07) is 5.40. The van der Waals surface area contributed by atoms with E-state index in [4.69, 9.17) is 4.74 Å². The minimum absolute atomic E-state index is 0.281. The Balaban J connectivity index is 2.35. The van der Waals surface area contributed by atoms with Crippen molar-refractivity contribution in [2.24, 2.45) is 5.92 Å². The summed E-state index contributed by atoms with van der Waals surface area (Å²) >= 11 is 0. The first kappa shape index (κ1) is 16.3. The third kappa shape index (κ3) is 3.40. The molecule has 0 atom stereocenters. The summed E-state index contributed by atoms with van der Waals surface area (Å²) in [6.45, 7) is 7.52. The molecule has 5 heteroatoms. The van der Waals surface area contributed by atoms with Gasteiger partial charge in [0, 0.05) is 13.1 Å². The van der Waals surface area contributed by atoms with E-state index < -0.39 is 10.0 Å². The van der Waals surface area contributed by atoms with Gasteiger partial charge in [0.2, 0.25) is 10.0 Å². The number of methoxy groups -OCH3 is 1. The summed E-state index contributed by atoms with van der Waals surface area (Å²) in [5.74, 6) is 1.38. The molecule has 1 saturated heterocycles. The fraction of sp³-hybridized carbons (Fsp3) is 0.625. The van der Waals surface area contributed by atoms with Gasteiger partial charge in [-0.3, -0.25) is 0 Å². The van der Waals surface area contributed by atoms with Crippen LogP contribution in [0.5, 0.6) is 5.75 Å². The van der Waals surface area contributed by atoms with Crippen molar-refractivity contribution in [2.75, 3.05) is 20.2 Å². The van der Waals surface area contributed by atoms with Gasteiger partial charge in [0.25, 0.3) is 0 Å². The zero-order chi connectivity index (χ0) is 15.6. The second-order valence-electron chi connectivity index (χ2n) is 6.15. The van der Waals surface area contributed by atoms with Crippen molar-refractivity contribution in [3.63, 3.8) is 0 Å². The molecule has 0 spiro atoms. The third-order valence-electron chi connectivity index (χ3n) is 4.21. The van der Waals surface area contributed by atoms with Crippen LogP contribution < -0.4 is 4.74 Å². The van der Waals surface area contributed by atoms with Crippen LogP contribution in [-0.4, -0.2) is 32.9 Å². The van der Waals surface area contributed by atoms with E-state index in [9.17, 15) is 8.42 Å². The molecule has 118 valence electrons. The monoisotopic (exact) mass is 311 g/mol. The quantitative estimate of drug-likeness (QED) is 0.857. The topological polar surface area (TPSA) is 46.6 Å². The van der Waals surface area contributed by atoms with Crippen LogP contribution in [0.2, 0.25) is 0 Å². The third-order valence-corrected chi connectivity index (χ3v) is 6.15. The number of benzene rings is 1. The van der Waals surface area contributed by atoms with Crippen molar-refractivity contribution in [1.82, 2.24) is 4.31 Å². The van der Waals surface area contributed by atoms with Gasteiger partial charge < -0.3 is 4.74 Å². The number of hydrogen-bond acceptors (Lipinski definition) is 3. The Hall–Kier alpha value is -1.07. The highest BCUT2D eigenvalue weighted by Gasteiger charge is 2.30. The van der Waals surface area contributed by atoms with Crippen LogP contribution in [0.25, 0.3) is 0 Å². The van der Waals surface area contributed by atoms with Crippen molar-refractivity contribution in [3.05, 3.63) is 23.8 Å². The Morgan fingerprint density at radius 3 is 2.38 bits per heavy atom. The van der Waals surface area contributed by atoms with Gasteiger partial charge in [0.1, 0.15) is 10.6 Å². The van der Waals surface area contributed by atoms with E-state index in [0.717, 1.165) is 18.4 Å². The molecule has 0 aromatic heterocycles. The van der Waals surface area contributed by atoms with E-state index in [-0.39, 0.29) is 4.90 Å². The average molecular weight is 311 g/mol. The van der Waals surface area contributed by atoms with E-state index in [1.807, 2.05) is 12.1 Å². The number of sulfonamides is 1. The van der Waals surface area contributed by atoms with E-state index in [1.54, 1.807) is 10.4 Å². The number of nitrogens with zero attached hydrogens (tertiary/aromatic N) is 1. The van der Waals surface area contributed by atoms with Gasteiger partial charge in [-0.2, -0.15) is 4.31 Å². The molecule has 0 unspecified atom stereocenters. The maximum Gasteiger partial charge on any atom is 0.246 e. The molecule has 0 radical (unpaired) electrons. The van der Waals surface area contributed by atoms with Crippen molar-refractivity contribution in [1.29, 1.82) is 0 Å². The molecule has 0 N–H and O–H groups in total. The molecule has 1 heterocycles. The predicted octanol–water partition coefficient (Wildman–Crippen LogP) is 3.24. The molecule has 0 saturated carbocycles. The molecule has 0 bridgehead atoms. The highest BCUT2D eigenvalue weighted by atomic mass is 32.2. The maximum absolute atomic E-state index is 12.8. The number of piperidine rings is 1. The summed E-state index contributed by atoms with van der Waals surface area (Å²) < 4.78 is 32.5. The Labute approximate surface area is 128 Å². The highest BCUT2D eigenvalue weighted by molar-refractivity contribution is 7.89. The van der Waals surface area contributed by atoms with Gasteiger partial charge in [0.15, 0.2) is 0 Å². The molecular formula is C16H25NO3S. The van der Waals surface area contributed by atoms with Crippen LogP contribution in [0, 0.1) is 5.92 Å². The van der Waals surface area contributed by atoms with Crippen LogP contribution >= 0.6 is 0 Å². The summed E-state index contributed by atoms with van der Waals surface area (Å²) in [6.07, 6.45) is 1.84. The molecule has 0 aliphatic carbocycles. The van der Waals surface area contributed by atoms with Gasteiger partial charge >= 0.3 is 0 Å². The average Bonchev–Trinajstić information content (AvgIpc) is 2.46. The molecule has 21 heavy (non-hydrogen) atoms. The Kier molecular flexibility index (Phi) is 4.94. The fourth-order valence-corrected chi connectivity index (χ4v) is 4.23. The summed E-state index contributed by atoms with van der Waals surface area (Å²) in [7, 11) is -1.94. The fourth-order valence-electron chi connectivity index (χ4n) is 2.62. The van der Waals surface area contributed by atoms with Crippen LogP contribution in [0.4, 0.5) is 0 Å². The van der Waals surface area contributed by atoms with E-state index in [0.29, 0.717) is 30.7 Å². The van der Waals surface area contributed by atoms with Crippen molar-refractivity contribution in [3.8, 4) is 5.75 Å². The summed E-state index contributed by atoms with van der Waals surface area (Å²) in [5, 5.41) is 0. The van der Waals surface area contributed by atoms with E-state index in [2.05, 4.69) is 20.8 Å². The lowest BCUT2D eigenvalue weighted by atomic mass is 10.0. The predicted molar refractivity (Wildman–Crippen MR) is 84.2 cm³/mol. The van der Waals surface area contributed by atoms with Crippen LogP contribution in [0.1, 0.15) is 45.1 Å². The van der Waals surface area contributed by atoms with Gasteiger partial charge in [-0.1, -0.05) is 26.8 Å². The summed E-state index contributed by atoms with van der Waals surface area (Å²) in [5.41, 5.74) is 1.08. The number of hydrogen-bond donors (Lipinski definition) is 0. The van der Waals surface area contributed by atoms with Crippen molar-refractivity contribution >= 4 is 10.0 Å². The van der Waals surface area contributed by atoms with Crippen LogP contribution in [-0.2, 0) is 10.0 Å². The van der Waals surface area contributed by atoms with Gasteiger partial charge in [-0.25, -0.2) is 8.42 Å². The molecule has 1 aliphatic rings. The molecule has 1 aromatic rings. The Bertz CT molecular complexity index is 588. The standard InChI is InChI=1S/C16H25NO3S/c1-12(2)14-5-6-16(15(11-14)20-4)21(18,19)17-9-7-13(3)8-10-17/h5-6,11-13H,7-10H2,1-4H3. The lowest BCUT2D eigenvalue weighted by molar-refractivity contribution is 0.287. The SMILES string of the molecule is COc1cc(C(C)C)ccc1S(=O)(=O)N1CCC(C)CC1. The van der Waals surface area contributed by atoms with E-state index >= 15 is 0 Å². The molecule has 0 amide bonds. The molecule has 1 fully saturated rings. The molecule has 1 aliphatic heterocycles. The lowest BCUT2D eigenvalue weighted by Crippen LogP contribution is -2.38. The van der Waals surface area contributed by atoms with Gasteiger partial charge in [-0.05, 0) is 42.4 Å². The second-order valence-corrected chi connectivity index (χ2v) is 8.06. The molecule has 4 nitrogen and oxygen atoms in total. The zero-order valence-electron chi connectivity index (χ0n) is 13.3. The minimum Gasteiger partial charge on any atom is -0.495 e. The first-order valence-corrected chi connectivity index (χ1v) is 8.98. The Morgan fingerprint density at radius 2 is 1.86 bits per heavy atom. The van der Waals surface area contributed by atoms with Crippen molar-refractivity contribution < 1.29 is 13.2 Å². The zero-order valence-corrected chi connectivity index (χ0v) is 14.1. The first-order valence-electron chi connectivity index (χ1n) is 7.54. The Morgan fingerprint density at radius 1 is 1.24 bits per heavy atom. The molecular weight excluding hydrogens is 286 g/mol. The highest BCUT2D eigenvalue weighted by Crippen LogP contribution is 2.32. The summed E-state index contributed by atoms with van der Waals surface area (Å²) in [4.78, 5) is 0.281. The first-order chi connectivity index (χ1) is 9.86. The van der Waals surface area contributed by atoms with E-state index in [1.165, 1.54) is 7.11 Å². The maximum atomic E-state index is 12.8. The lowest BCUT2D eigenvalue weighted by Gasteiger charge is -2.30. The minimum atomic E-state index is -3.46.